The van der Waals surface area contributed by atoms with Gasteiger partial charge in [0.15, 0.2) is 6.61 Å². The number of anilines is 1. The predicted molar refractivity (Wildman–Crippen MR) is 131 cm³/mol. The van der Waals surface area contributed by atoms with Crippen molar-refractivity contribution in [3.63, 3.8) is 0 Å². The van der Waals surface area contributed by atoms with E-state index in [-0.39, 0.29) is 29.5 Å². The molecule has 0 aliphatic carbocycles. The summed E-state index contributed by atoms with van der Waals surface area (Å²) in [6, 6.07) is 19.8. The fourth-order valence-electron chi connectivity index (χ4n) is 3.33. The monoisotopic (exact) mass is 492 g/mol. The summed E-state index contributed by atoms with van der Waals surface area (Å²) in [7, 11) is 1.52. The minimum Gasteiger partial charge on any atom is -0.495 e. The number of nitrogens with one attached hydrogen (secondary N) is 1. The van der Waals surface area contributed by atoms with Crippen LogP contribution in [0.3, 0.4) is 0 Å². The van der Waals surface area contributed by atoms with Gasteiger partial charge in [-0.1, -0.05) is 42.5 Å². The minimum atomic E-state index is -0.475. The molecule has 3 aromatic carbocycles. The number of carbonyl (C=O) groups is 3. The van der Waals surface area contributed by atoms with E-state index in [9.17, 15) is 18.8 Å². The minimum absolute atomic E-state index is 0.127. The van der Waals surface area contributed by atoms with Gasteiger partial charge in [0, 0.05) is 5.56 Å². The van der Waals surface area contributed by atoms with Crippen molar-refractivity contribution in [1.29, 1.82) is 0 Å². The molecule has 1 aliphatic heterocycles. The van der Waals surface area contributed by atoms with Crippen LogP contribution in [0.15, 0.2) is 77.7 Å². The molecule has 7 nitrogen and oxygen atoms in total. The first kappa shape index (κ1) is 24.0. The summed E-state index contributed by atoms with van der Waals surface area (Å²) in [5, 5.41) is 2.27. The summed E-state index contributed by atoms with van der Waals surface area (Å²) in [5.74, 6) is -0.282. The van der Waals surface area contributed by atoms with Gasteiger partial charge < -0.3 is 14.8 Å². The number of thioether (sulfide) groups is 1. The quantitative estimate of drug-likeness (QED) is 0.441. The first-order chi connectivity index (χ1) is 16.9. The van der Waals surface area contributed by atoms with Gasteiger partial charge in [0.25, 0.3) is 17.1 Å². The number of ether oxygens (including phenoxy) is 2. The van der Waals surface area contributed by atoms with Crippen molar-refractivity contribution in [2.24, 2.45) is 0 Å². The second-order valence-corrected chi connectivity index (χ2v) is 8.46. The summed E-state index contributed by atoms with van der Waals surface area (Å²) in [6.07, 6.45) is 1.59. The maximum absolute atomic E-state index is 13.9. The van der Waals surface area contributed by atoms with Gasteiger partial charge in [-0.3, -0.25) is 19.3 Å². The van der Waals surface area contributed by atoms with Crippen molar-refractivity contribution in [2.45, 2.75) is 6.54 Å². The topological polar surface area (TPSA) is 84.9 Å². The molecule has 0 saturated carbocycles. The standard InChI is InChI=1S/C26H21FN2O5S/c1-33-22-9-5-4-8-21(22)28-24(30)16-34-19-12-10-17(11-13-19)14-23-25(31)29(26(32)35-23)15-18-6-2-3-7-20(18)27/h2-14H,15-16H2,1H3,(H,28,30)/b23-14-. The fourth-order valence-corrected chi connectivity index (χ4v) is 4.17. The zero-order valence-electron chi connectivity index (χ0n) is 18.7. The Morgan fingerprint density at radius 1 is 1.03 bits per heavy atom. The molecule has 0 unspecified atom stereocenters. The first-order valence-corrected chi connectivity index (χ1v) is 11.4. The summed E-state index contributed by atoms with van der Waals surface area (Å²) in [4.78, 5) is 38.5. The van der Waals surface area contributed by atoms with Gasteiger partial charge in [0.05, 0.1) is 24.2 Å². The van der Waals surface area contributed by atoms with Crippen molar-refractivity contribution in [3.05, 3.63) is 94.6 Å². The first-order valence-electron chi connectivity index (χ1n) is 10.6. The van der Waals surface area contributed by atoms with Crippen molar-refractivity contribution in [1.82, 2.24) is 4.90 Å². The lowest BCUT2D eigenvalue weighted by Gasteiger charge is -2.12. The van der Waals surface area contributed by atoms with E-state index in [4.69, 9.17) is 9.47 Å². The number of amides is 3. The Hall–Kier alpha value is -4.11. The van der Waals surface area contributed by atoms with E-state index in [2.05, 4.69) is 5.32 Å². The van der Waals surface area contributed by atoms with Crippen LogP contribution in [0.5, 0.6) is 11.5 Å². The number of hydrogen-bond acceptors (Lipinski definition) is 6. The van der Waals surface area contributed by atoms with Crippen LogP contribution in [0.25, 0.3) is 6.08 Å². The molecule has 0 aromatic heterocycles. The molecule has 9 heteroatoms. The van der Waals surface area contributed by atoms with Crippen molar-refractivity contribution in [3.8, 4) is 11.5 Å². The van der Waals surface area contributed by atoms with Crippen LogP contribution < -0.4 is 14.8 Å². The van der Waals surface area contributed by atoms with Crippen LogP contribution >= 0.6 is 11.8 Å². The highest BCUT2D eigenvalue weighted by atomic mass is 32.2. The van der Waals surface area contributed by atoms with Crippen LogP contribution in [-0.2, 0) is 16.1 Å². The van der Waals surface area contributed by atoms with Crippen LogP contribution in [0.2, 0.25) is 0 Å². The second kappa shape index (κ2) is 10.9. The van der Waals surface area contributed by atoms with Crippen molar-refractivity contribution < 1.29 is 28.2 Å². The van der Waals surface area contributed by atoms with E-state index in [1.807, 2.05) is 0 Å². The second-order valence-electron chi connectivity index (χ2n) is 7.47. The molecule has 1 aliphatic rings. The molecule has 1 fully saturated rings. The van der Waals surface area contributed by atoms with Crippen LogP contribution in [0.4, 0.5) is 14.9 Å². The Balaban J connectivity index is 1.35. The number of carbonyl (C=O) groups excluding carboxylic acids is 3. The highest BCUT2D eigenvalue weighted by Gasteiger charge is 2.35. The Morgan fingerprint density at radius 2 is 1.74 bits per heavy atom. The third kappa shape index (κ3) is 5.88. The van der Waals surface area contributed by atoms with Gasteiger partial charge in [-0.15, -0.1) is 0 Å². The SMILES string of the molecule is COc1ccccc1NC(=O)COc1ccc(/C=C2\SC(=O)N(Cc3ccccc3F)C2=O)cc1. The molecule has 3 amide bonds. The van der Waals surface area contributed by atoms with Crippen LogP contribution in [0, 0.1) is 5.82 Å². The van der Waals surface area contributed by atoms with Crippen molar-refractivity contribution >= 4 is 40.6 Å². The van der Waals surface area contributed by atoms with Crippen molar-refractivity contribution in [2.75, 3.05) is 19.0 Å². The number of halogens is 1. The summed E-state index contributed by atoms with van der Waals surface area (Å²) < 4.78 is 24.7. The Kier molecular flexibility index (Phi) is 7.47. The molecule has 3 aromatic rings. The number of benzene rings is 3. The van der Waals surface area contributed by atoms with E-state index < -0.39 is 17.0 Å². The zero-order chi connectivity index (χ0) is 24.8. The average molecular weight is 493 g/mol. The number of imide groups is 1. The number of para-hydroxylation sites is 2. The van der Waals surface area contributed by atoms with Gasteiger partial charge >= 0.3 is 0 Å². The zero-order valence-corrected chi connectivity index (χ0v) is 19.5. The van der Waals surface area contributed by atoms with E-state index in [1.165, 1.54) is 19.2 Å². The third-order valence-corrected chi connectivity index (χ3v) is 6.00. The lowest BCUT2D eigenvalue weighted by molar-refractivity contribution is -0.123. The van der Waals surface area contributed by atoms with E-state index in [0.717, 1.165) is 16.7 Å². The van der Waals surface area contributed by atoms with E-state index in [1.54, 1.807) is 66.7 Å². The number of hydrogen-bond donors (Lipinski definition) is 1. The molecule has 1 saturated heterocycles. The maximum Gasteiger partial charge on any atom is 0.293 e. The van der Waals surface area contributed by atoms with Gasteiger partial charge in [-0.05, 0) is 53.7 Å². The molecular formula is C26H21FN2O5S. The summed E-state index contributed by atoms with van der Waals surface area (Å²) in [6.45, 7) is -0.329. The van der Waals surface area contributed by atoms with E-state index in [0.29, 0.717) is 22.7 Å². The molecule has 0 atom stereocenters. The number of rotatable bonds is 8. The summed E-state index contributed by atoms with van der Waals surface area (Å²) >= 11 is 0.806. The Bertz CT molecular complexity index is 1290. The molecule has 35 heavy (non-hydrogen) atoms. The van der Waals surface area contributed by atoms with Gasteiger partial charge in [-0.2, -0.15) is 0 Å². The molecule has 178 valence electrons. The van der Waals surface area contributed by atoms with Crippen LogP contribution in [-0.4, -0.2) is 35.7 Å². The molecular weight excluding hydrogens is 471 g/mol. The van der Waals surface area contributed by atoms with Gasteiger partial charge in [-0.25, -0.2) is 4.39 Å². The highest BCUT2D eigenvalue weighted by Crippen LogP contribution is 2.33. The largest absolute Gasteiger partial charge is 0.495 e. The van der Waals surface area contributed by atoms with Gasteiger partial charge in [0.2, 0.25) is 0 Å². The Labute approximate surface area is 205 Å². The number of methoxy groups -OCH3 is 1. The summed E-state index contributed by atoms with van der Waals surface area (Å²) in [5.41, 5.74) is 1.49. The Morgan fingerprint density at radius 3 is 2.49 bits per heavy atom. The van der Waals surface area contributed by atoms with Crippen LogP contribution in [0.1, 0.15) is 11.1 Å². The average Bonchev–Trinajstić information content (AvgIpc) is 3.12. The molecule has 4 rings (SSSR count). The predicted octanol–water partition coefficient (Wildman–Crippen LogP) is 5.09. The molecule has 0 radical (unpaired) electrons. The molecule has 1 N–H and O–H groups in total. The normalized spacial score (nSPS) is 14.3. The molecule has 1 heterocycles. The van der Waals surface area contributed by atoms with E-state index >= 15 is 0 Å². The maximum atomic E-state index is 13.9. The smallest absolute Gasteiger partial charge is 0.293 e. The lowest BCUT2D eigenvalue weighted by atomic mass is 10.2. The highest BCUT2D eigenvalue weighted by molar-refractivity contribution is 8.18. The van der Waals surface area contributed by atoms with Gasteiger partial charge in [0.1, 0.15) is 17.3 Å². The lowest BCUT2D eigenvalue weighted by Crippen LogP contribution is -2.27. The number of nitrogens with zero attached hydrogens (tertiary/aromatic N) is 1. The fraction of sp³-hybridized carbons (Fsp3) is 0.115. The third-order valence-electron chi connectivity index (χ3n) is 5.09. The molecule has 0 bridgehead atoms. The molecule has 0 spiro atoms.